The first-order valence-electron chi connectivity index (χ1n) is 13.3. The van der Waals surface area contributed by atoms with Gasteiger partial charge in [-0.15, -0.1) is 11.3 Å². The number of nitrogens with one attached hydrogen (secondary N) is 1. The maximum atomic E-state index is 14.1. The maximum Gasteiger partial charge on any atom is 0.267 e. The van der Waals surface area contributed by atoms with Crippen LogP contribution in [-0.2, 0) is 17.8 Å². The highest BCUT2D eigenvalue weighted by Crippen LogP contribution is 2.35. The number of aromatic nitrogens is 2. The molecule has 0 fully saturated rings. The molecular weight excluding hydrogens is 528 g/mol. The SMILES string of the molecule is CCOc1ccc(-n2c(SCC(=O)Nc3cc(C)ccc3C)nc3sc4c(c3c2=O)CCN(C(C)C)C4)cc1. The van der Waals surface area contributed by atoms with Gasteiger partial charge in [-0.25, -0.2) is 4.98 Å². The predicted octanol–water partition coefficient (Wildman–Crippen LogP) is 5.96. The van der Waals surface area contributed by atoms with Crippen LogP contribution in [0.25, 0.3) is 15.9 Å². The maximum absolute atomic E-state index is 14.1. The Morgan fingerprint density at radius 3 is 2.67 bits per heavy atom. The summed E-state index contributed by atoms with van der Waals surface area (Å²) >= 11 is 2.88. The number of hydrogen-bond donors (Lipinski definition) is 1. The fourth-order valence-electron chi connectivity index (χ4n) is 4.85. The summed E-state index contributed by atoms with van der Waals surface area (Å²) in [7, 11) is 0. The lowest BCUT2D eigenvalue weighted by atomic mass is 10.0. The quantitative estimate of drug-likeness (QED) is 0.211. The molecule has 1 amide bonds. The van der Waals surface area contributed by atoms with Gasteiger partial charge in [0.05, 0.1) is 23.4 Å². The lowest BCUT2D eigenvalue weighted by Crippen LogP contribution is -2.35. The molecule has 0 spiro atoms. The molecule has 0 bridgehead atoms. The van der Waals surface area contributed by atoms with Crippen LogP contribution in [0.15, 0.2) is 52.4 Å². The molecule has 1 aliphatic rings. The second-order valence-electron chi connectivity index (χ2n) is 10.1. The number of hydrogen-bond acceptors (Lipinski definition) is 7. The van der Waals surface area contributed by atoms with Crippen LogP contribution in [0.1, 0.15) is 42.3 Å². The van der Waals surface area contributed by atoms with Crippen molar-refractivity contribution in [3.8, 4) is 11.4 Å². The number of thiophene rings is 1. The third kappa shape index (κ3) is 5.76. The molecule has 1 N–H and O–H groups in total. The number of amides is 1. The van der Waals surface area contributed by atoms with E-state index in [0.29, 0.717) is 28.9 Å². The normalized spacial score (nSPS) is 13.6. The highest BCUT2D eigenvalue weighted by atomic mass is 32.2. The number of rotatable bonds is 8. The summed E-state index contributed by atoms with van der Waals surface area (Å²) in [6.45, 7) is 12.6. The van der Waals surface area contributed by atoms with E-state index in [0.717, 1.165) is 52.5 Å². The van der Waals surface area contributed by atoms with Crippen molar-refractivity contribution in [3.05, 3.63) is 74.4 Å². The van der Waals surface area contributed by atoms with Gasteiger partial charge in [0.2, 0.25) is 5.91 Å². The number of anilines is 1. The topological polar surface area (TPSA) is 76.5 Å². The number of aryl methyl sites for hydroxylation is 2. The van der Waals surface area contributed by atoms with Gasteiger partial charge in [0.15, 0.2) is 5.16 Å². The molecule has 4 aromatic rings. The Morgan fingerprint density at radius 2 is 1.95 bits per heavy atom. The van der Waals surface area contributed by atoms with Crippen LogP contribution in [0.2, 0.25) is 0 Å². The fourth-order valence-corrected chi connectivity index (χ4v) is 6.95. The molecule has 0 saturated carbocycles. The van der Waals surface area contributed by atoms with Crippen molar-refractivity contribution in [1.29, 1.82) is 0 Å². The molecule has 9 heteroatoms. The molecule has 7 nitrogen and oxygen atoms in total. The van der Waals surface area contributed by atoms with E-state index in [1.54, 1.807) is 15.9 Å². The molecular formula is C30H34N4O3S2. The number of benzene rings is 2. The number of ether oxygens (including phenoxy) is 1. The molecule has 0 unspecified atom stereocenters. The molecule has 3 heterocycles. The summed E-state index contributed by atoms with van der Waals surface area (Å²) in [6.07, 6.45) is 0.832. The molecule has 2 aromatic carbocycles. The monoisotopic (exact) mass is 562 g/mol. The van der Waals surface area contributed by atoms with Crippen LogP contribution in [-0.4, -0.2) is 45.3 Å². The molecule has 2 aromatic heterocycles. The van der Waals surface area contributed by atoms with Crippen LogP contribution in [0, 0.1) is 13.8 Å². The number of carbonyl (C=O) groups excluding carboxylic acids is 1. The number of thioether (sulfide) groups is 1. The highest BCUT2D eigenvalue weighted by molar-refractivity contribution is 7.99. The van der Waals surface area contributed by atoms with E-state index in [4.69, 9.17) is 9.72 Å². The van der Waals surface area contributed by atoms with E-state index >= 15 is 0 Å². The van der Waals surface area contributed by atoms with Crippen molar-refractivity contribution in [3.63, 3.8) is 0 Å². The lowest BCUT2D eigenvalue weighted by molar-refractivity contribution is -0.113. The summed E-state index contributed by atoms with van der Waals surface area (Å²) in [6, 6.07) is 13.9. The molecule has 0 saturated heterocycles. The zero-order valence-corrected chi connectivity index (χ0v) is 24.7. The molecule has 39 heavy (non-hydrogen) atoms. The average molecular weight is 563 g/mol. The Balaban J connectivity index is 1.52. The Bertz CT molecular complexity index is 1570. The third-order valence-electron chi connectivity index (χ3n) is 7.01. The smallest absolute Gasteiger partial charge is 0.267 e. The molecule has 0 aliphatic carbocycles. The fraction of sp³-hybridized carbons (Fsp3) is 0.367. The van der Waals surface area contributed by atoms with Gasteiger partial charge in [0, 0.05) is 29.7 Å². The van der Waals surface area contributed by atoms with E-state index in [1.165, 1.54) is 16.6 Å². The summed E-state index contributed by atoms with van der Waals surface area (Å²) in [4.78, 5) is 36.4. The second-order valence-corrected chi connectivity index (χ2v) is 12.1. The molecule has 1 aliphatic heterocycles. The first kappa shape index (κ1) is 27.4. The van der Waals surface area contributed by atoms with Gasteiger partial charge in [0.25, 0.3) is 5.56 Å². The van der Waals surface area contributed by atoms with Gasteiger partial charge in [-0.2, -0.15) is 0 Å². The summed E-state index contributed by atoms with van der Waals surface area (Å²) in [5, 5.41) is 4.23. The van der Waals surface area contributed by atoms with Gasteiger partial charge >= 0.3 is 0 Å². The minimum atomic E-state index is -0.140. The van der Waals surface area contributed by atoms with Gasteiger partial charge < -0.3 is 10.1 Å². The van der Waals surface area contributed by atoms with E-state index in [-0.39, 0.29) is 17.2 Å². The molecule has 5 rings (SSSR count). The Labute approximate surface area is 237 Å². The first-order chi connectivity index (χ1) is 18.7. The summed E-state index contributed by atoms with van der Waals surface area (Å²) < 4.78 is 7.26. The summed E-state index contributed by atoms with van der Waals surface area (Å²) in [5.74, 6) is 0.737. The minimum absolute atomic E-state index is 0.0860. The van der Waals surface area contributed by atoms with Crippen LogP contribution in [0.4, 0.5) is 5.69 Å². The standard InChI is InChI=1S/C30H34N4O3S2/c1-6-37-22-11-9-21(10-12-22)34-29(36)27-23-13-14-33(18(2)3)16-25(23)39-28(27)32-30(34)38-17-26(35)31-24-15-19(4)7-8-20(24)5/h7-12,15,18H,6,13-14,16-17H2,1-5H3,(H,31,35). The second kappa shape index (κ2) is 11.5. The number of fused-ring (bicyclic) bond motifs is 3. The first-order valence-corrected chi connectivity index (χ1v) is 15.1. The highest BCUT2D eigenvalue weighted by Gasteiger charge is 2.27. The van der Waals surface area contributed by atoms with Gasteiger partial charge in [0.1, 0.15) is 10.6 Å². The zero-order chi connectivity index (χ0) is 27.7. The lowest BCUT2D eigenvalue weighted by Gasteiger charge is -2.30. The predicted molar refractivity (Wildman–Crippen MR) is 161 cm³/mol. The van der Waals surface area contributed by atoms with Crippen molar-refractivity contribution < 1.29 is 9.53 Å². The Morgan fingerprint density at radius 1 is 1.18 bits per heavy atom. The Hall–Kier alpha value is -3.14. The van der Waals surface area contributed by atoms with Crippen LogP contribution in [0.3, 0.4) is 0 Å². The molecule has 0 radical (unpaired) electrons. The van der Waals surface area contributed by atoms with Crippen LogP contribution in [0.5, 0.6) is 5.75 Å². The number of nitrogens with zero attached hydrogens (tertiary/aromatic N) is 3. The van der Waals surface area contributed by atoms with Gasteiger partial charge in [-0.3, -0.25) is 19.1 Å². The van der Waals surface area contributed by atoms with Crippen molar-refractivity contribution in [2.45, 2.75) is 58.8 Å². The van der Waals surface area contributed by atoms with E-state index in [9.17, 15) is 9.59 Å². The average Bonchev–Trinajstić information content (AvgIpc) is 3.28. The minimum Gasteiger partial charge on any atom is -0.494 e. The van der Waals surface area contributed by atoms with Crippen molar-refractivity contribution in [1.82, 2.24) is 14.5 Å². The molecule has 0 atom stereocenters. The van der Waals surface area contributed by atoms with Crippen LogP contribution < -0.4 is 15.6 Å². The Kier molecular flexibility index (Phi) is 8.11. The van der Waals surface area contributed by atoms with Gasteiger partial charge in [-0.05, 0) is 88.1 Å². The van der Waals surface area contributed by atoms with E-state index in [1.807, 2.05) is 63.2 Å². The van der Waals surface area contributed by atoms with E-state index < -0.39 is 0 Å². The zero-order valence-electron chi connectivity index (χ0n) is 23.0. The van der Waals surface area contributed by atoms with Crippen molar-refractivity contribution in [2.24, 2.45) is 0 Å². The molecule has 204 valence electrons. The van der Waals surface area contributed by atoms with Crippen LogP contribution >= 0.6 is 23.1 Å². The van der Waals surface area contributed by atoms with Gasteiger partial charge in [-0.1, -0.05) is 23.9 Å². The third-order valence-corrected chi connectivity index (χ3v) is 9.06. The van der Waals surface area contributed by atoms with Crippen molar-refractivity contribution in [2.75, 3.05) is 24.2 Å². The number of carbonyl (C=O) groups is 1. The van der Waals surface area contributed by atoms with Crippen molar-refractivity contribution >= 4 is 44.9 Å². The largest absolute Gasteiger partial charge is 0.494 e. The van der Waals surface area contributed by atoms with E-state index in [2.05, 4.69) is 24.1 Å². The summed E-state index contributed by atoms with van der Waals surface area (Å²) in [5.41, 5.74) is 4.62.